The Hall–Kier alpha value is -4.20. The Kier molecular flexibility index (Phi) is 9.67. The molecule has 5 rings (SSSR count). The summed E-state index contributed by atoms with van der Waals surface area (Å²) in [6.45, 7) is 7.51. The molecule has 1 fully saturated rings. The molecule has 44 heavy (non-hydrogen) atoms. The van der Waals surface area contributed by atoms with Gasteiger partial charge in [-0.3, -0.25) is 0 Å². The molecule has 0 N–H and O–H groups in total. The van der Waals surface area contributed by atoms with Gasteiger partial charge in [-0.2, -0.15) is 0 Å². The van der Waals surface area contributed by atoms with Crippen molar-refractivity contribution in [2.75, 3.05) is 13.7 Å². The Morgan fingerprint density at radius 1 is 0.795 bits per heavy atom. The van der Waals surface area contributed by atoms with Gasteiger partial charge in [-0.1, -0.05) is 124 Å². The molecule has 1 aliphatic heterocycles. The fraction of sp³-hybridized carbons (Fsp3) is 0.297. The molecule has 1 heterocycles. The van der Waals surface area contributed by atoms with Crippen molar-refractivity contribution in [1.82, 2.24) is 4.90 Å². The average Bonchev–Trinajstić information content (AvgIpc) is 3.06. The molecule has 228 valence electrons. The smallest absolute Gasteiger partial charge is 0.410 e. The second kappa shape index (κ2) is 13.6. The molecule has 0 bridgehead atoms. The number of carbonyl (C=O) groups is 2. The highest BCUT2D eigenvalue weighted by atomic mass is 28.4. The Morgan fingerprint density at radius 3 is 1.86 bits per heavy atom. The summed E-state index contributed by atoms with van der Waals surface area (Å²) in [5, 5.41) is 2.28. The second-order valence-corrected chi connectivity index (χ2v) is 16.5. The Bertz CT molecular complexity index is 1480. The van der Waals surface area contributed by atoms with Gasteiger partial charge in [0.25, 0.3) is 8.32 Å². The molecule has 0 unspecified atom stereocenters. The third kappa shape index (κ3) is 6.64. The average molecular weight is 608 g/mol. The van der Waals surface area contributed by atoms with Gasteiger partial charge < -0.3 is 18.8 Å². The predicted molar refractivity (Wildman–Crippen MR) is 176 cm³/mol. The predicted octanol–water partition coefficient (Wildman–Crippen LogP) is 6.89. The molecule has 1 amide bonds. The summed E-state index contributed by atoms with van der Waals surface area (Å²) in [7, 11) is -1.43. The number of esters is 1. The third-order valence-electron chi connectivity index (χ3n) is 8.47. The molecular weight excluding hydrogens is 566 g/mol. The van der Waals surface area contributed by atoms with Crippen LogP contribution in [0.25, 0.3) is 0 Å². The third-order valence-corrected chi connectivity index (χ3v) is 13.6. The Morgan fingerprint density at radius 2 is 1.34 bits per heavy atom. The molecule has 7 heteroatoms. The van der Waals surface area contributed by atoms with Gasteiger partial charge in [0.2, 0.25) is 0 Å². The van der Waals surface area contributed by atoms with Crippen LogP contribution in [0.1, 0.15) is 61.1 Å². The monoisotopic (exact) mass is 607 g/mol. The highest BCUT2D eigenvalue weighted by Gasteiger charge is 2.52. The van der Waals surface area contributed by atoms with Crippen molar-refractivity contribution in [2.45, 2.75) is 57.4 Å². The molecule has 0 aliphatic carbocycles. The fourth-order valence-electron chi connectivity index (χ4n) is 6.28. The molecule has 1 aliphatic rings. The van der Waals surface area contributed by atoms with Crippen LogP contribution in [0.3, 0.4) is 0 Å². The summed E-state index contributed by atoms with van der Waals surface area (Å²) >= 11 is 0. The van der Waals surface area contributed by atoms with Gasteiger partial charge in [0.15, 0.2) is 0 Å². The van der Waals surface area contributed by atoms with Crippen molar-refractivity contribution in [3.8, 4) is 0 Å². The van der Waals surface area contributed by atoms with E-state index in [0.29, 0.717) is 24.9 Å². The van der Waals surface area contributed by atoms with Crippen molar-refractivity contribution in [3.63, 3.8) is 0 Å². The van der Waals surface area contributed by atoms with Crippen molar-refractivity contribution >= 4 is 30.8 Å². The molecule has 4 aromatic carbocycles. The number of carbonyl (C=O) groups excluding carboxylic acids is 2. The lowest BCUT2D eigenvalue weighted by molar-refractivity contribution is 0.0311. The van der Waals surface area contributed by atoms with Crippen LogP contribution in [0.15, 0.2) is 115 Å². The molecule has 4 aromatic rings. The normalized spacial score (nSPS) is 17.1. The summed E-state index contributed by atoms with van der Waals surface area (Å²) in [4.78, 5) is 27.5. The Balaban J connectivity index is 1.48. The first-order valence-electron chi connectivity index (χ1n) is 15.2. The molecular formula is C37H41NO5Si. The molecule has 1 saturated heterocycles. The minimum Gasteiger partial charge on any atom is -0.465 e. The van der Waals surface area contributed by atoms with Gasteiger partial charge in [0.05, 0.1) is 18.7 Å². The van der Waals surface area contributed by atoms with Crippen LogP contribution in [0.5, 0.6) is 0 Å². The van der Waals surface area contributed by atoms with E-state index in [-0.39, 0.29) is 29.9 Å². The maximum Gasteiger partial charge on any atom is 0.410 e. The maximum atomic E-state index is 13.6. The lowest BCUT2D eigenvalue weighted by atomic mass is 9.93. The van der Waals surface area contributed by atoms with Gasteiger partial charge in [0, 0.05) is 12.6 Å². The number of methoxy groups -OCH3 is 1. The van der Waals surface area contributed by atoms with Gasteiger partial charge in [-0.05, 0) is 51.5 Å². The van der Waals surface area contributed by atoms with E-state index >= 15 is 0 Å². The van der Waals surface area contributed by atoms with E-state index in [1.807, 2.05) is 54.6 Å². The first-order valence-corrected chi connectivity index (χ1v) is 17.1. The summed E-state index contributed by atoms with van der Waals surface area (Å²) < 4.78 is 18.2. The van der Waals surface area contributed by atoms with E-state index in [0.717, 1.165) is 11.1 Å². The molecule has 2 atom stereocenters. The summed E-state index contributed by atoms with van der Waals surface area (Å²) in [5.41, 5.74) is 2.32. The van der Waals surface area contributed by atoms with Crippen molar-refractivity contribution in [2.24, 2.45) is 0 Å². The van der Waals surface area contributed by atoms with Crippen LogP contribution >= 0.6 is 0 Å². The van der Waals surface area contributed by atoms with Crippen molar-refractivity contribution < 1.29 is 23.5 Å². The second-order valence-electron chi connectivity index (χ2n) is 12.3. The number of benzene rings is 4. The van der Waals surface area contributed by atoms with E-state index in [2.05, 4.69) is 69.3 Å². The van der Waals surface area contributed by atoms with Crippen LogP contribution in [0.2, 0.25) is 5.04 Å². The number of hydrogen-bond donors (Lipinski definition) is 0. The van der Waals surface area contributed by atoms with Crippen LogP contribution < -0.4 is 10.4 Å². The van der Waals surface area contributed by atoms with E-state index in [4.69, 9.17) is 13.9 Å². The molecule has 0 saturated carbocycles. The SMILES string of the molecule is COC(=O)c1ccc([C@@H]2C[C@H](O[Si](c3ccccc3)(c3ccccc3)C(C)(C)C)CCN2C(=O)OCc2ccccc2)cc1. The topological polar surface area (TPSA) is 65.1 Å². The molecule has 0 radical (unpaired) electrons. The number of rotatable bonds is 8. The quantitative estimate of drug-likeness (QED) is 0.161. The zero-order chi connectivity index (χ0) is 31.2. The number of hydrogen-bond acceptors (Lipinski definition) is 5. The first-order chi connectivity index (χ1) is 21.2. The van der Waals surface area contributed by atoms with Crippen molar-refractivity contribution in [3.05, 3.63) is 132 Å². The Labute approximate surface area is 261 Å². The standard InChI is InChI=1S/C37H41NO5Si/c1-37(2,3)44(32-16-10-6-11-17-32,33-18-12-7-13-19-33)43-31-24-25-38(36(40)42-27-28-14-8-5-9-15-28)34(26-31)29-20-22-30(23-21-29)35(39)41-4/h5-23,31,34H,24-27H2,1-4H3/t31-,34+/m1/s1. The number of amides is 1. The van der Waals surface area contributed by atoms with Gasteiger partial charge in [0.1, 0.15) is 6.61 Å². The van der Waals surface area contributed by atoms with Gasteiger partial charge in [-0.15, -0.1) is 0 Å². The van der Waals surface area contributed by atoms with Crippen LogP contribution in [-0.4, -0.2) is 45.0 Å². The summed E-state index contributed by atoms with van der Waals surface area (Å²) in [5.74, 6) is -0.396. The first kappa shape index (κ1) is 31.2. The largest absolute Gasteiger partial charge is 0.465 e. The lowest BCUT2D eigenvalue weighted by Crippen LogP contribution is -2.68. The zero-order valence-electron chi connectivity index (χ0n) is 25.9. The number of likely N-dealkylation sites (tertiary alicyclic amines) is 1. The molecule has 0 aromatic heterocycles. The van der Waals surface area contributed by atoms with E-state index < -0.39 is 14.3 Å². The van der Waals surface area contributed by atoms with E-state index in [1.165, 1.54) is 17.5 Å². The summed E-state index contributed by atoms with van der Waals surface area (Å²) in [6.07, 6.45) is 0.814. The van der Waals surface area contributed by atoms with E-state index in [1.54, 1.807) is 17.0 Å². The number of piperidine rings is 1. The van der Waals surface area contributed by atoms with Crippen LogP contribution in [-0.2, 0) is 20.5 Å². The molecule has 0 spiro atoms. The summed E-state index contributed by atoms with van der Waals surface area (Å²) in [6, 6.07) is 38.0. The fourth-order valence-corrected chi connectivity index (χ4v) is 11.0. The maximum absolute atomic E-state index is 13.6. The zero-order valence-corrected chi connectivity index (χ0v) is 26.9. The van der Waals surface area contributed by atoms with Gasteiger partial charge in [-0.25, -0.2) is 9.59 Å². The lowest BCUT2D eigenvalue weighted by Gasteiger charge is -2.48. The van der Waals surface area contributed by atoms with E-state index in [9.17, 15) is 9.59 Å². The number of nitrogens with zero attached hydrogens (tertiary/aromatic N) is 1. The van der Waals surface area contributed by atoms with Crippen LogP contribution in [0, 0.1) is 0 Å². The molecule has 6 nitrogen and oxygen atoms in total. The highest BCUT2D eigenvalue weighted by Crippen LogP contribution is 2.41. The van der Waals surface area contributed by atoms with Gasteiger partial charge >= 0.3 is 12.1 Å². The minimum atomic E-state index is -2.80. The van der Waals surface area contributed by atoms with Crippen LogP contribution in [0.4, 0.5) is 4.79 Å². The minimum absolute atomic E-state index is 0.107. The highest BCUT2D eigenvalue weighted by molar-refractivity contribution is 6.99. The van der Waals surface area contributed by atoms with Crippen molar-refractivity contribution in [1.29, 1.82) is 0 Å². The number of ether oxygens (including phenoxy) is 2.